The zero-order valence-electron chi connectivity index (χ0n) is 16.4. The number of carbonyl (C=O) groups is 1. The highest BCUT2D eigenvalue weighted by Crippen LogP contribution is 2.45. The van der Waals surface area contributed by atoms with E-state index in [1.807, 2.05) is 30.5 Å². The average molecular weight is 381 g/mol. The Balaban J connectivity index is 1.71. The van der Waals surface area contributed by atoms with Gasteiger partial charge in [-0.3, -0.25) is 14.8 Å². The van der Waals surface area contributed by atoms with Crippen molar-refractivity contribution in [3.8, 4) is 0 Å². The molecular formula is C25H23N3O. The number of carbonyl (C=O) groups excluding carboxylic acids is 1. The monoisotopic (exact) mass is 381 g/mol. The van der Waals surface area contributed by atoms with E-state index in [0.717, 1.165) is 40.9 Å². The summed E-state index contributed by atoms with van der Waals surface area (Å²) in [5, 5.41) is 3.70. The second-order valence-corrected chi connectivity index (χ2v) is 7.73. The van der Waals surface area contributed by atoms with Crippen molar-refractivity contribution in [3.05, 3.63) is 94.8 Å². The predicted molar refractivity (Wildman–Crippen MR) is 116 cm³/mol. The molecule has 1 N–H and O–H groups in total. The van der Waals surface area contributed by atoms with Gasteiger partial charge in [-0.1, -0.05) is 55.8 Å². The Morgan fingerprint density at radius 1 is 1.07 bits per heavy atom. The molecule has 0 bridgehead atoms. The van der Waals surface area contributed by atoms with E-state index in [0.29, 0.717) is 0 Å². The molecule has 4 nitrogen and oxygen atoms in total. The van der Waals surface area contributed by atoms with E-state index in [1.165, 1.54) is 11.1 Å². The molecule has 2 aromatic carbocycles. The number of nitrogens with zero attached hydrogens (tertiary/aromatic N) is 2. The Morgan fingerprint density at radius 2 is 1.93 bits per heavy atom. The molecule has 3 heterocycles. The Hall–Kier alpha value is -3.27. The van der Waals surface area contributed by atoms with Crippen LogP contribution in [0.4, 0.5) is 5.69 Å². The first kappa shape index (κ1) is 17.8. The van der Waals surface area contributed by atoms with Gasteiger partial charge < -0.3 is 5.32 Å². The van der Waals surface area contributed by atoms with Crippen LogP contribution in [0.3, 0.4) is 0 Å². The molecule has 0 amide bonds. The summed E-state index contributed by atoms with van der Waals surface area (Å²) in [7, 11) is 0. The average Bonchev–Trinajstić information content (AvgIpc) is 2.77. The maximum absolute atomic E-state index is 12.5. The molecule has 29 heavy (non-hydrogen) atoms. The number of rotatable bonds is 4. The van der Waals surface area contributed by atoms with E-state index in [-0.39, 0.29) is 24.3 Å². The van der Waals surface area contributed by atoms with Gasteiger partial charge in [-0.05, 0) is 35.2 Å². The van der Waals surface area contributed by atoms with Gasteiger partial charge in [0.15, 0.2) is 5.78 Å². The van der Waals surface area contributed by atoms with Crippen LogP contribution in [0, 0.1) is 0 Å². The van der Waals surface area contributed by atoms with Gasteiger partial charge in [-0.15, -0.1) is 0 Å². The summed E-state index contributed by atoms with van der Waals surface area (Å²) in [6.07, 6.45) is 5.88. The maximum Gasteiger partial charge on any atom is 0.184 e. The third kappa shape index (κ3) is 3.05. The topological polar surface area (TPSA) is 54.4 Å². The molecule has 0 saturated carbocycles. The summed E-state index contributed by atoms with van der Waals surface area (Å²) < 4.78 is 0. The second-order valence-electron chi connectivity index (χ2n) is 7.73. The lowest BCUT2D eigenvalue weighted by Gasteiger charge is -2.38. The fourth-order valence-electron chi connectivity index (χ4n) is 4.58. The first-order chi connectivity index (χ1) is 14.3. The summed E-state index contributed by atoms with van der Waals surface area (Å²) in [6, 6.07) is 18.8. The highest BCUT2D eigenvalue weighted by Gasteiger charge is 2.39. The van der Waals surface area contributed by atoms with Crippen molar-refractivity contribution in [3.63, 3.8) is 0 Å². The predicted octanol–water partition coefficient (Wildman–Crippen LogP) is 4.97. The van der Waals surface area contributed by atoms with Gasteiger partial charge >= 0.3 is 0 Å². The molecule has 0 radical (unpaired) electrons. The number of anilines is 1. The van der Waals surface area contributed by atoms with Crippen LogP contribution < -0.4 is 5.32 Å². The fraction of sp³-hybridized carbons (Fsp3) is 0.240. The first-order valence-corrected chi connectivity index (χ1v) is 10.2. The van der Waals surface area contributed by atoms with E-state index in [9.17, 15) is 4.79 Å². The van der Waals surface area contributed by atoms with E-state index < -0.39 is 0 Å². The normalized spacial score (nSPS) is 19.9. The molecule has 144 valence electrons. The molecule has 4 heteroatoms. The summed E-state index contributed by atoms with van der Waals surface area (Å²) in [5.41, 5.74) is 7.41. The van der Waals surface area contributed by atoms with Crippen molar-refractivity contribution >= 4 is 17.2 Å². The Bertz CT molecular complexity index is 1100. The fourth-order valence-corrected chi connectivity index (χ4v) is 4.58. The maximum atomic E-state index is 12.5. The molecule has 0 spiro atoms. The van der Waals surface area contributed by atoms with Crippen LogP contribution in [0.15, 0.2) is 72.0 Å². The van der Waals surface area contributed by atoms with Gasteiger partial charge in [-0.2, -0.15) is 0 Å². The lowest BCUT2D eigenvalue weighted by molar-refractivity contribution is 0.1000. The summed E-state index contributed by atoms with van der Waals surface area (Å²) in [6.45, 7) is 2.42. The molecule has 2 unspecified atom stereocenters. The van der Waals surface area contributed by atoms with Crippen molar-refractivity contribution in [1.82, 2.24) is 4.98 Å². The minimum Gasteiger partial charge on any atom is -0.377 e. The molecule has 0 fully saturated rings. The lowest BCUT2D eigenvalue weighted by Crippen LogP contribution is -2.36. The molecule has 2 aliphatic rings. The molecule has 0 saturated heterocycles. The smallest absolute Gasteiger partial charge is 0.184 e. The zero-order chi connectivity index (χ0) is 19.8. The second kappa shape index (κ2) is 7.28. The van der Waals surface area contributed by atoms with E-state index in [1.54, 1.807) is 6.20 Å². The van der Waals surface area contributed by atoms with E-state index >= 15 is 0 Å². The van der Waals surface area contributed by atoms with Gasteiger partial charge in [0, 0.05) is 29.2 Å². The van der Waals surface area contributed by atoms with Gasteiger partial charge in [0.25, 0.3) is 0 Å². The summed E-state index contributed by atoms with van der Waals surface area (Å²) in [5.74, 6) is 0.114. The third-order valence-electron chi connectivity index (χ3n) is 5.85. The van der Waals surface area contributed by atoms with Crippen molar-refractivity contribution < 1.29 is 4.79 Å². The molecule has 3 aromatic rings. The number of Topliss-reactive ketones (excluding diaryl/α,β-unsaturated/α-hetero) is 1. The number of ketones is 1. The number of hydrogen-bond acceptors (Lipinski definition) is 4. The summed E-state index contributed by atoms with van der Waals surface area (Å²) in [4.78, 5) is 21.7. The van der Waals surface area contributed by atoms with Crippen molar-refractivity contribution in [2.75, 3.05) is 11.9 Å². The van der Waals surface area contributed by atoms with Crippen molar-refractivity contribution in [2.45, 2.75) is 31.7 Å². The molecule has 0 aliphatic carbocycles. The van der Waals surface area contributed by atoms with Crippen LogP contribution in [-0.4, -0.2) is 23.0 Å². The lowest BCUT2D eigenvalue weighted by atomic mass is 9.75. The van der Waals surface area contributed by atoms with Crippen LogP contribution >= 0.6 is 0 Å². The Labute approximate surface area is 170 Å². The molecule has 2 aliphatic heterocycles. The number of aromatic nitrogens is 1. The quantitative estimate of drug-likeness (QED) is 0.694. The van der Waals surface area contributed by atoms with Gasteiger partial charge in [0.1, 0.15) is 6.54 Å². The first-order valence-electron chi connectivity index (χ1n) is 10.2. The molecule has 1 aromatic heterocycles. The molecule has 2 atom stereocenters. The molecular weight excluding hydrogens is 358 g/mol. The van der Waals surface area contributed by atoms with Crippen molar-refractivity contribution in [2.24, 2.45) is 4.99 Å². The Morgan fingerprint density at radius 3 is 2.76 bits per heavy atom. The Kier molecular flexibility index (Phi) is 4.47. The highest BCUT2D eigenvalue weighted by molar-refractivity contribution is 6.21. The number of aryl methyl sites for hydroxylation is 1. The van der Waals surface area contributed by atoms with E-state index in [4.69, 9.17) is 4.99 Å². The highest BCUT2D eigenvalue weighted by atomic mass is 16.1. The number of aliphatic imine (C=N–C) groups is 1. The van der Waals surface area contributed by atoms with Crippen LogP contribution in [-0.2, 0) is 6.42 Å². The number of pyridine rings is 1. The zero-order valence-corrected chi connectivity index (χ0v) is 16.4. The largest absolute Gasteiger partial charge is 0.377 e. The van der Waals surface area contributed by atoms with Crippen molar-refractivity contribution in [1.29, 1.82) is 0 Å². The minimum atomic E-state index is 0.00952. The van der Waals surface area contributed by atoms with Crippen LogP contribution in [0.5, 0.6) is 0 Å². The van der Waals surface area contributed by atoms with E-state index in [2.05, 4.69) is 47.6 Å². The number of benzene rings is 2. The SMILES string of the molecule is CCCc1cccc(C2C3=NCC(=O)c4cccc(c43)NC2c2cccnc2)c1. The summed E-state index contributed by atoms with van der Waals surface area (Å²) >= 11 is 0. The minimum absolute atomic E-state index is 0.00952. The van der Waals surface area contributed by atoms with Crippen LogP contribution in [0.2, 0.25) is 0 Å². The number of nitrogens with one attached hydrogen (secondary N) is 1. The standard InChI is InChI=1S/C25H23N3O/c1-2-6-16-7-3-8-17(13-16)22-24(18-9-5-12-26-14-18)28-20-11-4-10-19-21(29)15-27-25(22)23(19)20/h3-5,7-14,22,24,28H,2,6,15H2,1H3. The van der Waals surface area contributed by atoms with Crippen LogP contribution in [0.25, 0.3) is 0 Å². The van der Waals surface area contributed by atoms with Gasteiger partial charge in [-0.25, -0.2) is 0 Å². The van der Waals surface area contributed by atoms with Crippen LogP contribution in [0.1, 0.15) is 57.9 Å². The van der Waals surface area contributed by atoms with Gasteiger partial charge in [0.2, 0.25) is 0 Å². The third-order valence-corrected chi connectivity index (χ3v) is 5.85. The molecule has 5 rings (SSSR count). The number of hydrogen-bond donors (Lipinski definition) is 1. The van der Waals surface area contributed by atoms with Gasteiger partial charge in [0.05, 0.1) is 17.7 Å².